The van der Waals surface area contributed by atoms with Gasteiger partial charge in [0.25, 0.3) is 0 Å². The van der Waals surface area contributed by atoms with Gasteiger partial charge in [-0.05, 0) is 55.7 Å². The third-order valence-corrected chi connectivity index (χ3v) is 6.06. The summed E-state index contributed by atoms with van der Waals surface area (Å²) in [7, 11) is 0. The fraction of sp³-hybridized carbons (Fsp3) is 0.231. The van der Waals surface area contributed by atoms with E-state index in [0.717, 1.165) is 70.9 Å². The van der Waals surface area contributed by atoms with Crippen LogP contribution in [-0.4, -0.2) is 43.8 Å². The summed E-state index contributed by atoms with van der Waals surface area (Å²) in [5.74, 6) is 2.14. The number of hydrogen-bond donors (Lipinski definition) is 1. The van der Waals surface area contributed by atoms with Crippen molar-refractivity contribution in [3.8, 4) is 17.3 Å². The molecular formula is C26H24N6O. The first kappa shape index (κ1) is 19.8. The number of pyridine rings is 1. The summed E-state index contributed by atoms with van der Waals surface area (Å²) in [4.78, 5) is 19.2. The molecule has 1 saturated heterocycles. The molecule has 0 unspecified atom stereocenters. The van der Waals surface area contributed by atoms with Gasteiger partial charge in [0, 0.05) is 30.8 Å². The summed E-state index contributed by atoms with van der Waals surface area (Å²) < 4.78 is 7.55. The number of nitrogens with zero attached hydrogens (tertiary/aromatic N) is 5. The van der Waals surface area contributed by atoms with Crippen molar-refractivity contribution in [2.75, 3.05) is 18.5 Å². The van der Waals surface area contributed by atoms with Crippen LogP contribution in [0.15, 0.2) is 66.9 Å². The highest BCUT2D eigenvalue weighted by atomic mass is 16.5. The lowest BCUT2D eigenvalue weighted by Gasteiger charge is -2.23. The Morgan fingerprint density at radius 1 is 0.909 bits per heavy atom. The summed E-state index contributed by atoms with van der Waals surface area (Å²) in [6.45, 7) is 3.62. The molecule has 5 aromatic rings. The summed E-state index contributed by atoms with van der Waals surface area (Å²) in [6, 6.07) is 20.7. The zero-order chi connectivity index (χ0) is 22.2. The molecule has 1 fully saturated rings. The molecule has 33 heavy (non-hydrogen) atoms. The maximum atomic E-state index is 5.47. The number of aromatic nitrogens is 5. The average molecular weight is 437 g/mol. The first-order chi connectivity index (χ1) is 16.2. The first-order valence-electron chi connectivity index (χ1n) is 11.3. The topological polar surface area (TPSA) is 77.8 Å². The number of para-hydroxylation sites is 1. The molecule has 6 rings (SSSR count). The molecule has 0 spiro atoms. The van der Waals surface area contributed by atoms with Gasteiger partial charge in [0.1, 0.15) is 11.5 Å². The number of rotatable bonds is 4. The summed E-state index contributed by atoms with van der Waals surface area (Å²) >= 11 is 0. The molecule has 0 bridgehead atoms. The maximum Gasteiger partial charge on any atom is 0.224 e. The fourth-order valence-corrected chi connectivity index (χ4v) is 4.35. The van der Waals surface area contributed by atoms with Crippen molar-refractivity contribution < 1.29 is 4.74 Å². The maximum absolute atomic E-state index is 5.47. The van der Waals surface area contributed by atoms with Gasteiger partial charge in [-0.25, -0.2) is 15.0 Å². The van der Waals surface area contributed by atoms with E-state index in [-0.39, 0.29) is 0 Å². The van der Waals surface area contributed by atoms with Crippen LogP contribution in [0.5, 0.6) is 0 Å². The van der Waals surface area contributed by atoms with Gasteiger partial charge in [-0.3, -0.25) is 4.57 Å². The second-order valence-electron chi connectivity index (χ2n) is 8.42. The molecule has 1 aliphatic heterocycles. The Kier molecular flexibility index (Phi) is 4.96. The molecule has 0 radical (unpaired) electrons. The zero-order valence-corrected chi connectivity index (χ0v) is 18.4. The Morgan fingerprint density at radius 3 is 2.70 bits per heavy atom. The minimum absolute atomic E-state index is 0.317. The second kappa shape index (κ2) is 8.26. The quantitative estimate of drug-likeness (QED) is 0.430. The number of ether oxygens (including phenoxy) is 1. The van der Waals surface area contributed by atoms with Gasteiger partial charge in [-0.1, -0.05) is 30.3 Å². The number of hydrogen-bond acceptors (Lipinski definition) is 6. The second-order valence-corrected chi connectivity index (χ2v) is 8.42. The van der Waals surface area contributed by atoms with Crippen LogP contribution >= 0.6 is 0 Å². The van der Waals surface area contributed by atoms with E-state index in [4.69, 9.17) is 19.7 Å². The molecule has 0 saturated carbocycles. The lowest BCUT2D eigenvalue weighted by molar-refractivity contribution is 0.0903. The van der Waals surface area contributed by atoms with Gasteiger partial charge in [0.05, 0.1) is 16.6 Å². The van der Waals surface area contributed by atoms with Crippen molar-refractivity contribution in [3.05, 3.63) is 72.4 Å². The molecular weight excluding hydrogens is 412 g/mol. The molecule has 3 aromatic heterocycles. The van der Waals surface area contributed by atoms with Crippen LogP contribution in [0.4, 0.5) is 5.95 Å². The molecule has 1 aliphatic rings. The average Bonchev–Trinajstić information content (AvgIpc) is 3.23. The van der Waals surface area contributed by atoms with E-state index >= 15 is 0 Å². The highest BCUT2D eigenvalue weighted by Crippen LogP contribution is 2.29. The number of imidazole rings is 1. The number of nitrogens with one attached hydrogen (secondary N) is 1. The van der Waals surface area contributed by atoms with E-state index in [1.165, 1.54) is 0 Å². The van der Waals surface area contributed by atoms with Gasteiger partial charge in [-0.15, -0.1) is 0 Å². The smallest absolute Gasteiger partial charge is 0.224 e. The Bertz CT molecular complexity index is 1450. The van der Waals surface area contributed by atoms with Crippen LogP contribution in [0.2, 0.25) is 0 Å². The van der Waals surface area contributed by atoms with E-state index < -0.39 is 0 Å². The number of aryl methyl sites for hydroxylation is 1. The summed E-state index contributed by atoms with van der Waals surface area (Å²) in [5, 5.41) is 4.58. The lowest BCUT2D eigenvalue weighted by atomic mass is 10.1. The molecule has 7 nitrogen and oxygen atoms in total. The summed E-state index contributed by atoms with van der Waals surface area (Å²) in [6.07, 6.45) is 3.70. The highest BCUT2D eigenvalue weighted by molar-refractivity contribution is 5.85. The molecule has 0 amide bonds. The van der Waals surface area contributed by atoms with Gasteiger partial charge in [-0.2, -0.15) is 4.98 Å². The van der Waals surface area contributed by atoms with Crippen LogP contribution < -0.4 is 5.32 Å². The Morgan fingerprint density at radius 2 is 1.79 bits per heavy atom. The zero-order valence-electron chi connectivity index (χ0n) is 18.4. The minimum atomic E-state index is 0.317. The summed E-state index contributed by atoms with van der Waals surface area (Å²) in [5.41, 5.74) is 4.81. The Hall–Kier alpha value is -3.84. The van der Waals surface area contributed by atoms with Crippen LogP contribution in [0, 0.1) is 6.92 Å². The SMILES string of the molecule is Cc1ccc2nc(-c3ccc4ccccc4n3)n(-c3ccnc(NC4CCOCC4)n3)c2c1. The third-order valence-electron chi connectivity index (χ3n) is 6.06. The van der Waals surface area contributed by atoms with Gasteiger partial charge < -0.3 is 10.1 Å². The van der Waals surface area contributed by atoms with Crippen molar-refractivity contribution in [1.82, 2.24) is 24.5 Å². The van der Waals surface area contributed by atoms with Crippen LogP contribution in [0.25, 0.3) is 39.3 Å². The van der Waals surface area contributed by atoms with Crippen molar-refractivity contribution in [2.45, 2.75) is 25.8 Å². The molecule has 2 aromatic carbocycles. The van der Waals surface area contributed by atoms with Crippen molar-refractivity contribution in [3.63, 3.8) is 0 Å². The molecule has 1 N–H and O–H groups in total. The molecule has 7 heteroatoms. The predicted molar refractivity (Wildman–Crippen MR) is 130 cm³/mol. The van der Waals surface area contributed by atoms with Gasteiger partial charge >= 0.3 is 0 Å². The largest absolute Gasteiger partial charge is 0.381 e. The van der Waals surface area contributed by atoms with E-state index in [1.807, 2.05) is 36.4 Å². The normalized spacial score (nSPS) is 14.7. The van der Waals surface area contributed by atoms with Gasteiger partial charge in [0.2, 0.25) is 5.95 Å². The minimum Gasteiger partial charge on any atom is -0.381 e. The standard InChI is InChI=1S/C26H24N6O/c1-17-6-8-21-23(16-17)32(24-10-13-27-26(31-24)28-19-11-14-33-15-12-19)25(30-21)22-9-7-18-4-2-3-5-20(18)29-22/h2-10,13,16,19H,11-12,14-15H2,1H3,(H,27,28,31). The third kappa shape index (κ3) is 3.81. The van der Waals surface area contributed by atoms with Crippen molar-refractivity contribution in [1.29, 1.82) is 0 Å². The van der Waals surface area contributed by atoms with E-state index in [2.05, 4.69) is 46.1 Å². The molecule has 4 heterocycles. The molecule has 164 valence electrons. The molecule has 0 atom stereocenters. The van der Waals surface area contributed by atoms with Crippen molar-refractivity contribution >= 4 is 27.9 Å². The highest BCUT2D eigenvalue weighted by Gasteiger charge is 2.19. The lowest BCUT2D eigenvalue weighted by Crippen LogP contribution is -2.28. The number of fused-ring (bicyclic) bond motifs is 2. The number of anilines is 1. The van der Waals surface area contributed by atoms with E-state index in [0.29, 0.717) is 12.0 Å². The monoisotopic (exact) mass is 436 g/mol. The van der Waals surface area contributed by atoms with E-state index in [9.17, 15) is 0 Å². The Balaban J connectivity index is 1.49. The van der Waals surface area contributed by atoms with Crippen LogP contribution in [-0.2, 0) is 4.74 Å². The van der Waals surface area contributed by atoms with Crippen molar-refractivity contribution in [2.24, 2.45) is 0 Å². The Labute approximate surface area is 191 Å². The fourth-order valence-electron chi connectivity index (χ4n) is 4.35. The van der Waals surface area contributed by atoms with E-state index in [1.54, 1.807) is 6.20 Å². The number of benzene rings is 2. The molecule has 0 aliphatic carbocycles. The first-order valence-corrected chi connectivity index (χ1v) is 11.3. The predicted octanol–water partition coefficient (Wildman–Crippen LogP) is 4.93. The van der Waals surface area contributed by atoms with Crippen LogP contribution in [0.3, 0.4) is 0 Å². The van der Waals surface area contributed by atoms with Crippen LogP contribution in [0.1, 0.15) is 18.4 Å². The van der Waals surface area contributed by atoms with Gasteiger partial charge in [0.15, 0.2) is 5.82 Å².